The summed E-state index contributed by atoms with van der Waals surface area (Å²) in [5.41, 5.74) is 1.56. The summed E-state index contributed by atoms with van der Waals surface area (Å²) in [7, 11) is 0. The number of aliphatic hydroxyl groups excluding tert-OH is 1. The van der Waals surface area contributed by atoms with Gasteiger partial charge in [0.05, 0.1) is 18.0 Å². The fourth-order valence-corrected chi connectivity index (χ4v) is 5.03. The molecular weight excluding hydrogens is 394 g/mol. The Bertz CT molecular complexity index is 1080. The van der Waals surface area contributed by atoms with Gasteiger partial charge >= 0.3 is 0 Å². The van der Waals surface area contributed by atoms with Crippen molar-refractivity contribution < 1.29 is 14.7 Å². The number of hydrogen-bond donors (Lipinski definition) is 2. The molecule has 2 aliphatic rings. The van der Waals surface area contributed by atoms with Crippen molar-refractivity contribution in [2.75, 3.05) is 13.2 Å². The minimum Gasteiger partial charge on any atom is -0.396 e. The Morgan fingerprint density at radius 1 is 1.19 bits per heavy atom. The number of nitrogens with zero attached hydrogens (tertiary/aromatic N) is 2. The SMILES string of the molecule is C/C=C\c1ccc2n(c1=O)C[C@H]1[C@H](CO)[C@@H](C(=O)NCC)[C@@H]2N1C(=O)c1ccccc1. The number of carbonyl (C=O) groups excluding carboxylic acids is 2. The lowest BCUT2D eigenvalue weighted by Crippen LogP contribution is -2.49. The standard InChI is InChI=1S/C24H27N3O4/c1-3-8-15-11-12-18-21-20(22(29)25-4-2)17(14-28)19(13-26(18)23(15)30)27(21)24(31)16-9-6-5-7-10-16/h3,5-12,17,19-21,28H,4,13-14H2,1-2H3,(H,25,29)/b8-3-/t17-,19-,20+,21+/m0/s1. The van der Waals surface area contributed by atoms with Crippen LogP contribution in [0, 0.1) is 11.8 Å². The van der Waals surface area contributed by atoms with Crippen LogP contribution < -0.4 is 10.9 Å². The second kappa shape index (κ2) is 8.51. The molecule has 1 fully saturated rings. The lowest BCUT2D eigenvalue weighted by Gasteiger charge is -2.38. The van der Waals surface area contributed by atoms with E-state index in [0.717, 1.165) is 0 Å². The van der Waals surface area contributed by atoms with Crippen LogP contribution in [0.15, 0.2) is 53.3 Å². The van der Waals surface area contributed by atoms with E-state index in [0.29, 0.717) is 23.4 Å². The Morgan fingerprint density at radius 2 is 1.94 bits per heavy atom. The third kappa shape index (κ3) is 3.39. The third-order valence-electron chi connectivity index (χ3n) is 6.33. The predicted molar refractivity (Wildman–Crippen MR) is 117 cm³/mol. The Kier molecular flexibility index (Phi) is 5.78. The summed E-state index contributed by atoms with van der Waals surface area (Å²) in [6, 6.07) is 11.4. The zero-order valence-corrected chi connectivity index (χ0v) is 17.7. The molecule has 2 amide bonds. The van der Waals surface area contributed by atoms with Gasteiger partial charge in [-0.15, -0.1) is 0 Å². The number of rotatable bonds is 5. The van der Waals surface area contributed by atoms with Crippen LogP contribution in [0.2, 0.25) is 0 Å². The lowest BCUT2D eigenvalue weighted by atomic mass is 9.86. The second-order valence-corrected chi connectivity index (χ2v) is 7.99. The molecule has 1 aromatic carbocycles. The molecule has 2 aromatic rings. The van der Waals surface area contributed by atoms with Crippen LogP contribution in [0.5, 0.6) is 0 Å². The van der Waals surface area contributed by atoms with Crippen LogP contribution >= 0.6 is 0 Å². The van der Waals surface area contributed by atoms with Crippen LogP contribution in [0.4, 0.5) is 0 Å². The van der Waals surface area contributed by atoms with Gasteiger partial charge in [-0.2, -0.15) is 0 Å². The van der Waals surface area contributed by atoms with E-state index in [4.69, 9.17) is 0 Å². The summed E-state index contributed by atoms with van der Waals surface area (Å²) in [6.45, 7) is 4.13. The Morgan fingerprint density at radius 3 is 2.58 bits per heavy atom. The van der Waals surface area contributed by atoms with Gasteiger partial charge in [-0.1, -0.05) is 30.4 Å². The van der Waals surface area contributed by atoms with Gasteiger partial charge in [-0.05, 0) is 38.1 Å². The summed E-state index contributed by atoms with van der Waals surface area (Å²) in [6.07, 6.45) is 3.56. The first-order valence-corrected chi connectivity index (χ1v) is 10.7. The first-order valence-electron chi connectivity index (χ1n) is 10.7. The maximum atomic E-state index is 13.5. The Balaban J connectivity index is 1.89. The molecule has 2 bridgehead atoms. The Hall–Kier alpha value is -3.19. The van der Waals surface area contributed by atoms with Crippen LogP contribution in [-0.2, 0) is 11.3 Å². The van der Waals surface area contributed by atoms with Crippen molar-refractivity contribution in [3.63, 3.8) is 0 Å². The molecule has 1 saturated heterocycles. The first kappa shape index (κ1) is 21.1. The highest BCUT2D eigenvalue weighted by Crippen LogP contribution is 2.48. The third-order valence-corrected chi connectivity index (χ3v) is 6.33. The average molecular weight is 421 g/mol. The van der Waals surface area contributed by atoms with E-state index in [9.17, 15) is 19.5 Å². The molecular formula is C24H27N3O4. The molecule has 4 rings (SSSR count). The number of hydrogen-bond acceptors (Lipinski definition) is 4. The van der Waals surface area contributed by atoms with Gasteiger partial charge in [0, 0.05) is 42.4 Å². The first-order chi connectivity index (χ1) is 15.0. The minimum atomic E-state index is -0.636. The highest BCUT2D eigenvalue weighted by molar-refractivity contribution is 5.96. The predicted octanol–water partition coefficient (Wildman–Crippen LogP) is 1.82. The summed E-state index contributed by atoms with van der Waals surface area (Å²) in [4.78, 5) is 41.4. The fourth-order valence-electron chi connectivity index (χ4n) is 5.03. The number of pyridine rings is 1. The molecule has 31 heavy (non-hydrogen) atoms. The van der Waals surface area contributed by atoms with E-state index in [1.54, 1.807) is 52.0 Å². The van der Waals surface area contributed by atoms with Crippen molar-refractivity contribution in [1.29, 1.82) is 0 Å². The molecule has 1 aromatic heterocycles. The molecule has 0 radical (unpaired) electrons. The summed E-state index contributed by atoms with van der Waals surface area (Å²) in [5, 5.41) is 13.1. The van der Waals surface area contributed by atoms with Gasteiger partial charge in [-0.3, -0.25) is 14.4 Å². The van der Waals surface area contributed by atoms with Crippen molar-refractivity contribution in [3.8, 4) is 0 Å². The molecule has 7 heteroatoms. The number of benzene rings is 1. The zero-order chi connectivity index (χ0) is 22.1. The van der Waals surface area contributed by atoms with Gasteiger partial charge in [0.15, 0.2) is 0 Å². The van der Waals surface area contributed by atoms with E-state index in [-0.39, 0.29) is 30.5 Å². The van der Waals surface area contributed by atoms with Gasteiger partial charge in [0.2, 0.25) is 5.91 Å². The topological polar surface area (TPSA) is 91.6 Å². The molecule has 2 N–H and O–H groups in total. The molecule has 0 aliphatic carbocycles. The van der Waals surface area contributed by atoms with Gasteiger partial charge in [0.1, 0.15) is 0 Å². The number of aromatic nitrogens is 1. The van der Waals surface area contributed by atoms with Crippen molar-refractivity contribution in [1.82, 2.24) is 14.8 Å². The largest absolute Gasteiger partial charge is 0.396 e. The van der Waals surface area contributed by atoms with Gasteiger partial charge in [-0.25, -0.2) is 0 Å². The van der Waals surface area contributed by atoms with E-state index < -0.39 is 23.9 Å². The summed E-state index contributed by atoms with van der Waals surface area (Å²) >= 11 is 0. The van der Waals surface area contributed by atoms with Crippen LogP contribution in [0.1, 0.15) is 41.5 Å². The van der Waals surface area contributed by atoms with Crippen molar-refractivity contribution in [3.05, 3.63) is 75.7 Å². The molecule has 0 unspecified atom stereocenters. The smallest absolute Gasteiger partial charge is 0.258 e. The lowest BCUT2D eigenvalue weighted by molar-refractivity contribution is -0.127. The van der Waals surface area contributed by atoms with Crippen LogP contribution in [0.3, 0.4) is 0 Å². The molecule has 7 nitrogen and oxygen atoms in total. The maximum absolute atomic E-state index is 13.5. The van der Waals surface area contributed by atoms with Crippen LogP contribution in [-0.4, -0.2) is 45.6 Å². The van der Waals surface area contributed by atoms with Crippen molar-refractivity contribution in [2.45, 2.75) is 32.5 Å². The highest BCUT2D eigenvalue weighted by atomic mass is 16.3. The number of nitrogens with one attached hydrogen (secondary N) is 1. The highest BCUT2D eigenvalue weighted by Gasteiger charge is 2.57. The number of carbonyl (C=O) groups is 2. The number of aliphatic hydroxyl groups is 1. The van der Waals surface area contributed by atoms with E-state index in [1.165, 1.54) is 0 Å². The fraction of sp³-hybridized carbons (Fsp3) is 0.375. The molecule has 4 atom stereocenters. The Labute approximate surface area is 181 Å². The molecule has 2 aliphatic heterocycles. The van der Waals surface area contributed by atoms with E-state index in [1.807, 2.05) is 26.0 Å². The normalized spacial score (nSPS) is 24.3. The number of amides is 2. The zero-order valence-electron chi connectivity index (χ0n) is 17.7. The van der Waals surface area contributed by atoms with E-state index >= 15 is 0 Å². The maximum Gasteiger partial charge on any atom is 0.258 e. The van der Waals surface area contributed by atoms with E-state index in [2.05, 4.69) is 5.32 Å². The quantitative estimate of drug-likeness (QED) is 0.771. The van der Waals surface area contributed by atoms with Gasteiger partial charge < -0.3 is 19.9 Å². The summed E-state index contributed by atoms with van der Waals surface area (Å²) in [5.74, 6) is -1.51. The number of allylic oxidation sites excluding steroid dienone is 1. The average Bonchev–Trinajstić information content (AvgIpc) is 3.02. The monoisotopic (exact) mass is 421 g/mol. The van der Waals surface area contributed by atoms with Gasteiger partial charge in [0.25, 0.3) is 11.5 Å². The second-order valence-electron chi connectivity index (χ2n) is 7.99. The van der Waals surface area contributed by atoms with Crippen molar-refractivity contribution in [2.24, 2.45) is 11.8 Å². The molecule has 0 spiro atoms. The number of fused-ring (bicyclic) bond motifs is 4. The molecule has 162 valence electrons. The van der Waals surface area contributed by atoms with Crippen LogP contribution in [0.25, 0.3) is 6.08 Å². The summed E-state index contributed by atoms with van der Waals surface area (Å²) < 4.78 is 1.67. The molecule has 0 saturated carbocycles. The molecule has 3 heterocycles. The van der Waals surface area contributed by atoms with Crippen molar-refractivity contribution >= 4 is 17.9 Å². The minimum absolute atomic E-state index is 0.148.